The molecule has 0 aliphatic rings. The highest BCUT2D eigenvalue weighted by Crippen LogP contribution is 2.36. The van der Waals surface area contributed by atoms with Gasteiger partial charge in [0, 0.05) is 0 Å². The molecule has 0 aliphatic carbocycles. The van der Waals surface area contributed by atoms with Crippen molar-refractivity contribution in [2.24, 2.45) is 5.10 Å². The van der Waals surface area contributed by atoms with Crippen LogP contribution in [0.5, 0.6) is 17.2 Å². The van der Waals surface area contributed by atoms with Crippen LogP contribution in [-0.4, -0.2) is 32.4 Å². The number of ether oxygens (including phenoxy) is 3. The van der Waals surface area contributed by atoms with Gasteiger partial charge in [-0.2, -0.15) is 5.10 Å². The monoisotopic (exact) mass is 462 g/mol. The van der Waals surface area contributed by atoms with Crippen molar-refractivity contribution < 1.29 is 19.0 Å². The number of methoxy groups -OCH3 is 1. The number of carbonyl (C=O) groups is 1. The van der Waals surface area contributed by atoms with Crippen molar-refractivity contribution in [2.75, 3.05) is 20.3 Å². The maximum atomic E-state index is 12.0. The summed E-state index contributed by atoms with van der Waals surface area (Å²) in [7, 11) is 1.57. The molecule has 156 valence electrons. The molecule has 0 heterocycles. The Bertz CT molecular complexity index is 881. The molecule has 0 atom stereocenters. The van der Waals surface area contributed by atoms with Crippen molar-refractivity contribution in [3.8, 4) is 17.2 Å². The maximum Gasteiger partial charge on any atom is 0.277 e. The Balaban J connectivity index is 1.93. The number of nitrogens with one attached hydrogen (secondary N) is 1. The highest BCUT2D eigenvalue weighted by atomic mass is 79.9. The van der Waals surface area contributed by atoms with E-state index < -0.39 is 0 Å². The zero-order valence-corrected chi connectivity index (χ0v) is 19.0. The second-order valence-electron chi connectivity index (χ2n) is 6.72. The molecule has 0 saturated carbocycles. The molecule has 0 aliphatic heterocycles. The third-order valence-electron chi connectivity index (χ3n) is 4.18. The quantitative estimate of drug-likeness (QED) is 0.428. The number of hydrogen-bond acceptors (Lipinski definition) is 5. The molecule has 2 aromatic carbocycles. The number of aryl methyl sites for hydroxylation is 1. The molecule has 2 rings (SSSR count). The fraction of sp³-hybridized carbons (Fsp3) is 0.364. The van der Waals surface area contributed by atoms with E-state index in [0.29, 0.717) is 29.8 Å². The van der Waals surface area contributed by atoms with Gasteiger partial charge in [0.2, 0.25) is 0 Å². The van der Waals surface area contributed by atoms with E-state index in [-0.39, 0.29) is 12.5 Å². The first kappa shape index (κ1) is 22.7. The van der Waals surface area contributed by atoms with Gasteiger partial charge in [-0.15, -0.1) is 0 Å². The predicted octanol–water partition coefficient (Wildman–Crippen LogP) is 4.82. The van der Waals surface area contributed by atoms with Crippen LogP contribution in [0, 0.1) is 6.92 Å². The molecule has 29 heavy (non-hydrogen) atoms. The van der Waals surface area contributed by atoms with E-state index in [1.807, 2.05) is 38.1 Å². The normalized spacial score (nSPS) is 11.0. The number of benzene rings is 2. The summed E-state index contributed by atoms with van der Waals surface area (Å²) in [5.41, 5.74) is 5.62. The Morgan fingerprint density at radius 3 is 2.62 bits per heavy atom. The number of amides is 1. The van der Waals surface area contributed by atoms with Gasteiger partial charge < -0.3 is 14.2 Å². The second-order valence-corrected chi connectivity index (χ2v) is 7.58. The Morgan fingerprint density at radius 1 is 1.24 bits per heavy atom. The minimum Gasteiger partial charge on any atom is -0.493 e. The van der Waals surface area contributed by atoms with E-state index in [1.165, 1.54) is 11.8 Å². The van der Waals surface area contributed by atoms with Crippen LogP contribution in [0.4, 0.5) is 0 Å². The molecule has 0 spiro atoms. The van der Waals surface area contributed by atoms with E-state index in [9.17, 15) is 4.79 Å². The highest BCUT2D eigenvalue weighted by molar-refractivity contribution is 9.10. The summed E-state index contributed by atoms with van der Waals surface area (Å²) < 4.78 is 17.2. The van der Waals surface area contributed by atoms with Gasteiger partial charge in [-0.25, -0.2) is 5.43 Å². The van der Waals surface area contributed by atoms with E-state index in [2.05, 4.69) is 40.3 Å². The lowest BCUT2D eigenvalue weighted by molar-refractivity contribution is -0.123. The number of halogens is 1. The number of hydrogen-bond donors (Lipinski definition) is 1. The number of carbonyl (C=O) groups excluding carboxylic acids is 1. The lowest BCUT2D eigenvalue weighted by atomic mass is 9.98. The largest absolute Gasteiger partial charge is 0.493 e. The molecule has 7 heteroatoms. The second kappa shape index (κ2) is 10.9. The van der Waals surface area contributed by atoms with Crippen molar-refractivity contribution in [3.05, 3.63) is 51.5 Å². The van der Waals surface area contributed by atoms with Crippen molar-refractivity contribution in [1.82, 2.24) is 5.43 Å². The molecule has 0 saturated heterocycles. The van der Waals surface area contributed by atoms with Crippen molar-refractivity contribution >= 4 is 28.1 Å². The van der Waals surface area contributed by atoms with Crippen LogP contribution in [0.25, 0.3) is 0 Å². The van der Waals surface area contributed by atoms with Gasteiger partial charge in [0.05, 0.1) is 24.4 Å². The van der Waals surface area contributed by atoms with E-state index >= 15 is 0 Å². The first-order chi connectivity index (χ1) is 13.8. The summed E-state index contributed by atoms with van der Waals surface area (Å²) in [6, 6.07) is 9.46. The molecular weight excluding hydrogens is 436 g/mol. The molecule has 0 aromatic heterocycles. The molecule has 0 fully saturated rings. The number of nitrogens with zero attached hydrogens (tertiary/aromatic N) is 1. The zero-order chi connectivity index (χ0) is 21.4. The summed E-state index contributed by atoms with van der Waals surface area (Å²) in [5, 5.41) is 3.98. The van der Waals surface area contributed by atoms with E-state index in [0.717, 1.165) is 15.6 Å². The van der Waals surface area contributed by atoms with Gasteiger partial charge >= 0.3 is 0 Å². The lowest BCUT2D eigenvalue weighted by Crippen LogP contribution is -2.24. The average Bonchev–Trinajstić information content (AvgIpc) is 2.68. The maximum absolute atomic E-state index is 12.0. The molecule has 2 aromatic rings. The molecule has 0 radical (unpaired) electrons. The fourth-order valence-electron chi connectivity index (χ4n) is 2.84. The van der Waals surface area contributed by atoms with Gasteiger partial charge in [-0.05, 0) is 76.7 Å². The van der Waals surface area contributed by atoms with Crippen LogP contribution in [-0.2, 0) is 4.79 Å². The minimum atomic E-state index is -0.344. The Labute approximate surface area is 180 Å². The number of rotatable bonds is 9. The smallest absolute Gasteiger partial charge is 0.277 e. The SMILES string of the molecule is CCOc1c(Br)cc(/C=N/NC(=O)COc2ccc(C(C)C)c(C)c2)cc1OC. The first-order valence-electron chi connectivity index (χ1n) is 9.41. The Kier molecular flexibility index (Phi) is 8.51. The summed E-state index contributed by atoms with van der Waals surface area (Å²) >= 11 is 3.46. The van der Waals surface area contributed by atoms with Crippen LogP contribution in [0.3, 0.4) is 0 Å². The van der Waals surface area contributed by atoms with E-state index in [1.54, 1.807) is 13.2 Å². The topological polar surface area (TPSA) is 69.2 Å². The number of hydrazone groups is 1. The van der Waals surface area contributed by atoms with Gasteiger partial charge in [0.15, 0.2) is 18.1 Å². The third kappa shape index (κ3) is 6.49. The molecular formula is C22H27BrN2O4. The van der Waals surface area contributed by atoms with Gasteiger partial charge in [0.1, 0.15) is 5.75 Å². The fourth-order valence-corrected chi connectivity index (χ4v) is 3.42. The summed E-state index contributed by atoms with van der Waals surface area (Å²) in [4.78, 5) is 12.0. The molecule has 1 N–H and O–H groups in total. The van der Waals surface area contributed by atoms with Crippen LogP contribution < -0.4 is 19.6 Å². The van der Waals surface area contributed by atoms with Crippen molar-refractivity contribution in [2.45, 2.75) is 33.6 Å². The Hall–Kier alpha value is -2.54. The van der Waals surface area contributed by atoms with Crippen LogP contribution >= 0.6 is 15.9 Å². The molecule has 0 bridgehead atoms. The lowest BCUT2D eigenvalue weighted by Gasteiger charge is -2.12. The summed E-state index contributed by atoms with van der Waals surface area (Å²) in [5.74, 6) is 1.97. The van der Waals surface area contributed by atoms with Crippen molar-refractivity contribution in [1.29, 1.82) is 0 Å². The van der Waals surface area contributed by atoms with Gasteiger partial charge in [-0.3, -0.25) is 4.79 Å². The summed E-state index contributed by atoms with van der Waals surface area (Å²) in [6.45, 7) is 8.64. The molecule has 0 unspecified atom stereocenters. The predicted molar refractivity (Wildman–Crippen MR) is 118 cm³/mol. The summed E-state index contributed by atoms with van der Waals surface area (Å²) in [6.07, 6.45) is 1.53. The third-order valence-corrected chi connectivity index (χ3v) is 4.77. The van der Waals surface area contributed by atoms with Crippen LogP contribution in [0.1, 0.15) is 43.4 Å². The Morgan fingerprint density at radius 2 is 2.00 bits per heavy atom. The molecule has 1 amide bonds. The van der Waals surface area contributed by atoms with Gasteiger partial charge in [0.25, 0.3) is 5.91 Å². The van der Waals surface area contributed by atoms with Crippen LogP contribution in [0.2, 0.25) is 0 Å². The highest BCUT2D eigenvalue weighted by Gasteiger charge is 2.11. The molecule has 6 nitrogen and oxygen atoms in total. The van der Waals surface area contributed by atoms with Gasteiger partial charge in [-0.1, -0.05) is 19.9 Å². The first-order valence-corrected chi connectivity index (χ1v) is 10.2. The standard InChI is InChI=1S/C22H27BrN2O4/c1-6-28-22-19(23)10-16(11-20(22)27-5)12-24-25-21(26)13-29-17-7-8-18(14(2)3)15(4)9-17/h7-12,14H,6,13H2,1-5H3,(H,25,26)/b24-12+. The minimum absolute atomic E-state index is 0.117. The van der Waals surface area contributed by atoms with Crippen LogP contribution in [0.15, 0.2) is 39.9 Å². The average molecular weight is 463 g/mol. The zero-order valence-electron chi connectivity index (χ0n) is 17.4. The van der Waals surface area contributed by atoms with E-state index in [4.69, 9.17) is 14.2 Å². The van der Waals surface area contributed by atoms with Crippen molar-refractivity contribution in [3.63, 3.8) is 0 Å².